The van der Waals surface area contributed by atoms with Crippen LogP contribution in [0.25, 0.3) is 0 Å². The molecule has 2 atom stereocenters. The second-order valence-corrected chi connectivity index (χ2v) is 7.81. The van der Waals surface area contributed by atoms with E-state index in [1.807, 2.05) is 20.8 Å². The number of rotatable bonds is 7. The van der Waals surface area contributed by atoms with Crippen molar-refractivity contribution in [3.63, 3.8) is 0 Å². The third kappa shape index (κ3) is 7.88. The predicted octanol–water partition coefficient (Wildman–Crippen LogP) is 3.57. The number of hydrogen-bond acceptors (Lipinski definition) is 4. The summed E-state index contributed by atoms with van der Waals surface area (Å²) in [5.74, 6) is 0. The van der Waals surface area contributed by atoms with Crippen molar-refractivity contribution in [3.05, 3.63) is 34.9 Å². The lowest BCUT2D eigenvalue weighted by Crippen LogP contribution is -2.43. The van der Waals surface area contributed by atoms with Crippen molar-refractivity contribution in [3.8, 4) is 0 Å². The van der Waals surface area contributed by atoms with Crippen LogP contribution in [0.1, 0.15) is 57.4 Å². The molecular formula is C20H34N2O3. The topological polar surface area (TPSA) is 61.8 Å². The third-order valence-corrected chi connectivity index (χ3v) is 3.87. The maximum absolute atomic E-state index is 12.3. The highest BCUT2D eigenvalue weighted by Gasteiger charge is 2.23. The molecule has 0 aliphatic rings. The Kier molecular flexibility index (Phi) is 7.90. The molecule has 0 spiro atoms. The lowest BCUT2D eigenvalue weighted by Gasteiger charge is -2.29. The minimum atomic E-state index is -0.594. The quantitative estimate of drug-likeness (QED) is 0.789. The van der Waals surface area contributed by atoms with Crippen molar-refractivity contribution in [2.75, 3.05) is 19.6 Å². The average Bonchev–Trinajstić information content (AvgIpc) is 2.46. The van der Waals surface area contributed by atoms with Crippen molar-refractivity contribution in [2.24, 2.45) is 0 Å². The lowest BCUT2D eigenvalue weighted by molar-refractivity contribution is 0.0163. The van der Waals surface area contributed by atoms with Gasteiger partial charge in [-0.15, -0.1) is 0 Å². The predicted molar refractivity (Wildman–Crippen MR) is 102 cm³/mol. The SMILES string of the molecule is Cc1ccc(C)c(C(C)NCCN(CC(C)O)C(=O)OC(C)(C)C)c1. The van der Waals surface area contributed by atoms with Crippen LogP contribution in [0.15, 0.2) is 18.2 Å². The molecule has 1 aromatic rings. The summed E-state index contributed by atoms with van der Waals surface area (Å²) < 4.78 is 5.43. The van der Waals surface area contributed by atoms with Gasteiger partial charge in [-0.1, -0.05) is 23.8 Å². The second-order valence-electron chi connectivity index (χ2n) is 7.81. The third-order valence-electron chi connectivity index (χ3n) is 3.87. The van der Waals surface area contributed by atoms with Crippen LogP contribution < -0.4 is 5.32 Å². The average molecular weight is 351 g/mol. The first-order chi connectivity index (χ1) is 11.5. The van der Waals surface area contributed by atoms with Gasteiger partial charge in [0, 0.05) is 25.7 Å². The summed E-state index contributed by atoms with van der Waals surface area (Å²) in [5.41, 5.74) is 3.20. The smallest absolute Gasteiger partial charge is 0.410 e. The van der Waals surface area contributed by atoms with Gasteiger partial charge in [0.15, 0.2) is 0 Å². The number of aliphatic hydroxyl groups is 1. The maximum Gasteiger partial charge on any atom is 0.410 e. The zero-order valence-electron chi connectivity index (χ0n) is 16.7. The van der Waals surface area contributed by atoms with Crippen LogP contribution >= 0.6 is 0 Å². The van der Waals surface area contributed by atoms with Crippen LogP contribution in [0.4, 0.5) is 4.79 Å². The standard InChI is InChI=1S/C20H34N2O3/c1-14-8-9-15(2)18(12-14)17(4)21-10-11-22(13-16(3)23)19(24)25-20(5,6)7/h8-9,12,16-17,21,23H,10-11,13H2,1-7H3. The van der Waals surface area contributed by atoms with Crippen LogP contribution in [0, 0.1) is 13.8 Å². The Bertz CT molecular complexity index is 565. The zero-order chi connectivity index (χ0) is 19.2. The molecule has 25 heavy (non-hydrogen) atoms. The van der Waals surface area contributed by atoms with Crippen LogP contribution in [0.2, 0.25) is 0 Å². The van der Waals surface area contributed by atoms with Gasteiger partial charge in [-0.3, -0.25) is 0 Å². The Morgan fingerprint density at radius 1 is 1.28 bits per heavy atom. The van der Waals surface area contributed by atoms with Gasteiger partial charge in [0.2, 0.25) is 0 Å². The van der Waals surface area contributed by atoms with Gasteiger partial charge in [0.25, 0.3) is 0 Å². The summed E-state index contributed by atoms with van der Waals surface area (Å²) in [4.78, 5) is 13.9. The normalized spacial score (nSPS) is 14.1. The Labute approximate surface area is 152 Å². The molecule has 1 rings (SSSR count). The first kappa shape index (κ1) is 21.5. The highest BCUT2D eigenvalue weighted by Crippen LogP contribution is 2.18. The minimum Gasteiger partial charge on any atom is -0.444 e. The molecule has 0 radical (unpaired) electrons. The first-order valence-electron chi connectivity index (χ1n) is 8.96. The van der Waals surface area contributed by atoms with Crippen LogP contribution in [-0.2, 0) is 4.74 Å². The molecule has 0 bridgehead atoms. The number of nitrogens with zero attached hydrogens (tertiary/aromatic N) is 1. The molecular weight excluding hydrogens is 316 g/mol. The van der Waals surface area contributed by atoms with E-state index in [2.05, 4.69) is 44.3 Å². The van der Waals surface area contributed by atoms with Crippen LogP contribution in [0.3, 0.4) is 0 Å². The number of nitrogens with one attached hydrogen (secondary N) is 1. The number of benzene rings is 1. The Morgan fingerprint density at radius 2 is 1.92 bits per heavy atom. The number of aryl methyl sites for hydroxylation is 2. The highest BCUT2D eigenvalue weighted by molar-refractivity contribution is 5.68. The number of hydrogen-bond donors (Lipinski definition) is 2. The van der Waals surface area contributed by atoms with Crippen LogP contribution in [0.5, 0.6) is 0 Å². The van der Waals surface area contributed by atoms with E-state index in [0.29, 0.717) is 13.1 Å². The number of ether oxygens (including phenoxy) is 1. The Morgan fingerprint density at radius 3 is 2.48 bits per heavy atom. The van der Waals surface area contributed by atoms with Gasteiger partial charge < -0.3 is 20.1 Å². The van der Waals surface area contributed by atoms with Gasteiger partial charge in [0.05, 0.1) is 6.10 Å². The fourth-order valence-electron chi connectivity index (χ4n) is 2.65. The lowest BCUT2D eigenvalue weighted by atomic mass is 10.00. The van der Waals surface area contributed by atoms with Crippen molar-refractivity contribution in [1.82, 2.24) is 10.2 Å². The fraction of sp³-hybridized carbons (Fsp3) is 0.650. The van der Waals surface area contributed by atoms with Crippen molar-refractivity contribution >= 4 is 6.09 Å². The summed E-state index contributed by atoms with van der Waals surface area (Å²) in [6, 6.07) is 6.61. The number of amides is 1. The Hall–Kier alpha value is -1.59. The van der Waals surface area contributed by atoms with E-state index in [1.54, 1.807) is 11.8 Å². The maximum atomic E-state index is 12.3. The van der Waals surface area contributed by atoms with E-state index >= 15 is 0 Å². The van der Waals surface area contributed by atoms with E-state index in [-0.39, 0.29) is 12.6 Å². The first-order valence-corrected chi connectivity index (χ1v) is 8.96. The second kappa shape index (κ2) is 9.20. The molecule has 0 aliphatic heterocycles. The molecule has 2 unspecified atom stereocenters. The molecule has 2 N–H and O–H groups in total. The van der Waals surface area contributed by atoms with Crippen molar-refractivity contribution in [1.29, 1.82) is 0 Å². The molecule has 0 saturated carbocycles. The molecule has 0 saturated heterocycles. The molecule has 1 amide bonds. The molecule has 0 aliphatic carbocycles. The van der Waals surface area contributed by atoms with Gasteiger partial charge >= 0.3 is 6.09 Å². The van der Waals surface area contributed by atoms with Crippen molar-refractivity contribution < 1.29 is 14.6 Å². The zero-order valence-corrected chi connectivity index (χ0v) is 16.7. The molecule has 0 fully saturated rings. The summed E-state index contributed by atoms with van der Waals surface area (Å²) in [6.07, 6.45) is -0.987. The van der Waals surface area contributed by atoms with Gasteiger partial charge in [-0.05, 0) is 59.6 Å². The molecule has 5 nitrogen and oxygen atoms in total. The molecule has 0 aromatic heterocycles. The summed E-state index contributed by atoms with van der Waals surface area (Å²) in [7, 11) is 0. The number of aliphatic hydroxyl groups excluding tert-OH is 1. The van der Waals surface area contributed by atoms with Gasteiger partial charge in [-0.2, -0.15) is 0 Å². The summed E-state index contributed by atoms with van der Waals surface area (Å²) in [5, 5.41) is 13.1. The minimum absolute atomic E-state index is 0.187. The molecule has 1 aromatic carbocycles. The van der Waals surface area contributed by atoms with E-state index in [4.69, 9.17) is 4.74 Å². The number of carbonyl (C=O) groups excluding carboxylic acids is 1. The van der Waals surface area contributed by atoms with E-state index in [0.717, 1.165) is 0 Å². The van der Waals surface area contributed by atoms with E-state index in [1.165, 1.54) is 16.7 Å². The number of carbonyl (C=O) groups is 1. The molecule has 142 valence electrons. The fourth-order valence-corrected chi connectivity index (χ4v) is 2.65. The van der Waals surface area contributed by atoms with E-state index in [9.17, 15) is 9.90 Å². The van der Waals surface area contributed by atoms with Gasteiger partial charge in [0.1, 0.15) is 5.60 Å². The summed E-state index contributed by atoms with van der Waals surface area (Å²) >= 11 is 0. The van der Waals surface area contributed by atoms with Crippen LogP contribution in [-0.4, -0.2) is 47.4 Å². The monoisotopic (exact) mass is 350 g/mol. The summed E-state index contributed by atoms with van der Waals surface area (Å²) in [6.45, 7) is 14.9. The highest BCUT2D eigenvalue weighted by atomic mass is 16.6. The van der Waals surface area contributed by atoms with Crippen molar-refractivity contribution in [2.45, 2.75) is 66.2 Å². The Balaban J connectivity index is 2.64. The largest absolute Gasteiger partial charge is 0.444 e. The van der Waals surface area contributed by atoms with Gasteiger partial charge in [-0.25, -0.2) is 4.79 Å². The molecule has 5 heteroatoms. The van der Waals surface area contributed by atoms with E-state index < -0.39 is 17.8 Å². The molecule has 0 heterocycles.